The Morgan fingerprint density at radius 1 is 1.19 bits per heavy atom. The standard InChI is InChI=1S/C20H28N4OS.HI/c1-14(2)10-19(25)24-17-7-5-6-16(11-17)12-22-20(21-4)23-13-18-15(3)8-9-26-18;/h5-9,11,14H,10,12-13H2,1-4H3,(H,24,25)(H2,21,22,23);1H. The largest absolute Gasteiger partial charge is 0.352 e. The molecule has 2 rings (SSSR count). The average molecular weight is 500 g/mol. The van der Waals surface area contributed by atoms with E-state index in [-0.39, 0.29) is 29.9 Å². The maximum atomic E-state index is 11.9. The van der Waals surface area contributed by atoms with E-state index in [1.165, 1.54) is 10.4 Å². The fourth-order valence-electron chi connectivity index (χ4n) is 2.50. The molecule has 0 saturated heterocycles. The number of nitrogens with zero attached hydrogens (tertiary/aromatic N) is 1. The molecule has 148 valence electrons. The van der Waals surface area contributed by atoms with Crippen LogP contribution in [0, 0.1) is 12.8 Å². The van der Waals surface area contributed by atoms with Gasteiger partial charge >= 0.3 is 0 Å². The first-order valence-electron chi connectivity index (χ1n) is 8.84. The summed E-state index contributed by atoms with van der Waals surface area (Å²) in [6.07, 6.45) is 0.529. The van der Waals surface area contributed by atoms with Gasteiger partial charge in [0.05, 0.1) is 6.54 Å². The predicted octanol–water partition coefficient (Wildman–Crippen LogP) is 4.52. The molecule has 3 N–H and O–H groups in total. The van der Waals surface area contributed by atoms with Crippen molar-refractivity contribution in [2.75, 3.05) is 12.4 Å². The van der Waals surface area contributed by atoms with Gasteiger partial charge in [-0.1, -0.05) is 26.0 Å². The highest BCUT2D eigenvalue weighted by atomic mass is 127. The zero-order chi connectivity index (χ0) is 18.9. The summed E-state index contributed by atoms with van der Waals surface area (Å²) in [6.45, 7) is 7.58. The van der Waals surface area contributed by atoms with Gasteiger partial charge in [-0.3, -0.25) is 9.79 Å². The van der Waals surface area contributed by atoms with Crippen LogP contribution in [0.2, 0.25) is 0 Å². The molecule has 1 amide bonds. The zero-order valence-corrected chi connectivity index (χ0v) is 19.5. The van der Waals surface area contributed by atoms with Crippen molar-refractivity contribution in [3.05, 3.63) is 51.7 Å². The molecule has 5 nitrogen and oxygen atoms in total. The maximum absolute atomic E-state index is 11.9. The summed E-state index contributed by atoms with van der Waals surface area (Å²) in [5, 5.41) is 11.7. The van der Waals surface area contributed by atoms with Gasteiger partial charge in [-0.25, -0.2) is 0 Å². The van der Waals surface area contributed by atoms with E-state index in [4.69, 9.17) is 0 Å². The first-order chi connectivity index (χ1) is 12.5. The molecule has 0 aliphatic carbocycles. The van der Waals surface area contributed by atoms with E-state index in [9.17, 15) is 4.79 Å². The summed E-state index contributed by atoms with van der Waals surface area (Å²) in [6, 6.07) is 10.0. The molecule has 0 radical (unpaired) electrons. The third-order valence-electron chi connectivity index (χ3n) is 3.87. The number of aryl methyl sites for hydroxylation is 1. The van der Waals surface area contributed by atoms with E-state index in [1.807, 2.05) is 38.1 Å². The Kier molecular flexibility index (Phi) is 10.4. The number of aliphatic imine (C=N–C) groups is 1. The highest BCUT2D eigenvalue weighted by Gasteiger charge is 2.06. The lowest BCUT2D eigenvalue weighted by Crippen LogP contribution is -2.36. The molecule has 0 unspecified atom stereocenters. The van der Waals surface area contributed by atoms with Crippen LogP contribution in [-0.4, -0.2) is 18.9 Å². The molecule has 7 heteroatoms. The average Bonchev–Trinajstić information content (AvgIpc) is 2.99. The number of carbonyl (C=O) groups is 1. The number of amides is 1. The van der Waals surface area contributed by atoms with Crippen LogP contribution in [0.3, 0.4) is 0 Å². The first-order valence-corrected chi connectivity index (χ1v) is 9.72. The number of rotatable bonds is 7. The van der Waals surface area contributed by atoms with Crippen LogP contribution in [0.15, 0.2) is 40.7 Å². The second-order valence-electron chi connectivity index (χ2n) is 6.65. The third kappa shape index (κ3) is 8.30. The molecular formula is C20H29IN4OS. The molecule has 0 bridgehead atoms. The van der Waals surface area contributed by atoms with Gasteiger partial charge < -0.3 is 16.0 Å². The Morgan fingerprint density at radius 2 is 1.93 bits per heavy atom. The van der Waals surface area contributed by atoms with E-state index in [0.29, 0.717) is 18.9 Å². The summed E-state index contributed by atoms with van der Waals surface area (Å²) in [5.41, 5.74) is 3.21. The number of benzene rings is 1. The van der Waals surface area contributed by atoms with Crippen molar-refractivity contribution < 1.29 is 4.79 Å². The van der Waals surface area contributed by atoms with Crippen LogP contribution in [0.5, 0.6) is 0 Å². The lowest BCUT2D eigenvalue weighted by Gasteiger charge is -2.13. The summed E-state index contributed by atoms with van der Waals surface area (Å²) >= 11 is 1.74. The van der Waals surface area contributed by atoms with Gasteiger partial charge in [-0.15, -0.1) is 35.3 Å². The smallest absolute Gasteiger partial charge is 0.224 e. The molecule has 1 aromatic heterocycles. The van der Waals surface area contributed by atoms with E-state index < -0.39 is 0 Å². The van der Waals surface area contributed by atoms with Crippen molar-refractivity contribution in [3.8, 4) is 0 Å². The molecule has 1 heterocycles. The summed E-state index contributed by atoms with van der Waals surface area (Å²) < 4.78 is 0. The molecule has 27 heavy (non-hydrogen) atoms. The lowest BCUT2D eigenvalue weighted by atomic mass is 10.1. The topological polar surface area (TPSA) is 65.5 Å². The molecule has 0 saturated carbocycles. The van der Waals surface area contributed by atoms with Crippen molar-refractivity contribution in [2.45, 2.75) is 40.3 Å². The van der Waals surface area contributed by atoms with Gasteiger partial charge in [-0.05, 0) is 47.5 Å². The second kappa shape index (κ2) is 12.0. The van der Waals surface area contributed by atoms with Gasteiger partial charge in [-0.2, -0.15) is 0 Å². The molecule has 0 aliphatic heterocycles. The minimum atomic E-state index is 0. The van der Waals surface area contributed by atoms with Crippen molar-refractivity contribution in [1.82, 2.24) is 10.6 Å². The van der Waals surface area contributed by atoms with Crippen LogP contribution in [0.25, 0.3) is 0 Å². The molecule has 0 fully saturated rings. The Labute approximate surface area is 183 Å². The maximum Gasteiger partial charge on any atom is 0.224 e. The van der Waals surface area contributed by atoms with Crippen LogP contribution < -0.4 is 16.0 Å². The van der Waals surface area contributed by atoms with E-state index in [2.05, 4.69) is 39.3 Å². The normalized spacial score (nSPS) is 11.1. The van der Waals surface area contributed by atoms with Gasteiger partial charge in [0.1, 0.15) is 0 Å². The van der Waals surface area contributed by atoms with Crippen LogP contribution in [0.4, 0.5) is 5.69 Å². The van der Waals surface area contributed by atoms with E-state index in [0.717, 1.165) is 23.8 Å². The number of nitrogens with one attached hydrogen (secondary N) is 3. The number of guanidine groups is 1. The Balaban J connectivity index is 0.00000364. The minimum absolute atomic E-state index is 0. The number of hydrogen-bond acceptors (Lipinski definition) is 3. The monoisotopic (exact) mass is 500 g/mol. The molecule has 0 atom stereocenters. The van der Waals surface area contributed by atoms with Crippen molar-refractivity contribution >= 4 is 52.9 Å². The summed E-state index contributed by atoms with van der Waals surface area (Å²) in [7, 11) is 1.76. The van der Waals surface area contributed by atoms with Gasteiger partial charge in [0.25, 0.3) is 0 Å². The molecular weight excluding hydrogens is 471 g/mol. The highest BCUT2D eigenvalue weighted by molar-refractivity contribution is 14.0. The number of thiophene rings is 1. The van der Waals surface area contributed by atoms with Crippen LogP contribution in [0.1, 0.15) is 36.3 Å². The number of halogens is 1. The fourth-order valence-corrected chi connectivity index (χ4v) is 3.34. The summed E-state index contributed by atoms with van der Waals surface area (Å²) in [5.74, 6) is 1.15. The van der Waals surface area contributed by atoms with Crippen LogP contribution >= 0.6 is 35.3 Å². The minimum Gasteiger partial charge on any atom is -0.352 e. The molecule has 1 aromatic carbocycles. The van der Waals surface area contributed by atoms with Crippen molar-refractivity contribution in [3.63, 3.8) is 0 Å². The molecule has 0 aliphatic rings. The number of carbonyl (C=O) groups excluding carboxylic acids is 1. The van der Waals surface area contributed by atoms with Crippen LogP contribution in [-0.2, 0) is 17.9 Å². The zero-order valence-electron chi connectivity index (χ0n) is 16.3. The molecule has 2 aromatic rings. The quantitative estimate of drug-likeness (QED) is 0.298. The first kappa shape index (κ1) is 23.4. The second-order valence-corrected chi connectivity index (χ2v) is 7.65. The van der Waals surface area contributed by atoms with Gasteiger partial charge in [0.2, 0.25) is 5.91 Å². The Bertz CT molecular complexity index is 758. The fraction of sp³-hybridized carbons (Fsp3) is 0.400. The predicted molar refractivity (Wildman–Crippen MR) is 126 cm³/mol. The van der Waals surface area contributed by atoms with Gasteiger partial charge in [0.15, 0.2) is 5.96 Å². The number of hydrogen-bond donors (Lipinski definition) is 3. The lowest BCUT2D eigenvalue weighted by molar-refractivity contribution is -0.116. The third-order valence-corrected chi connectivity index (χ3v) is 4.90. The Hall–Kier alpha value is -1.61. The SMILES string of the molecule is CN=C(NCc1cccc(NC(=O)CC(C)C)c1)NCc1sccc1C.I. The Morgan fingerprint density at radius 3 is 2.56 bits per heavy atom. The number of anilines is 1. The van der Waals surface area contributed by atoms with E-state index >= 15 is 0 Å². The van der Waals surface area contributed by atoms with Gasteiger partial charge in [0, 0.05) is 30.6 Å². The van der Waals surface area contributed by atoms with Crippen molar-refractivity contribution in [1.29, 1.82) is 0 Å². The van der Waals surface area contributed by atoms with E-state index in [1.54, 1.807) is 18.4 Å². The summed E-state index contributed by atoms with van der Waals surface area (Å²) in [4.78, 5) is 17.5. The molecule has 0 spiro atoms. The highest BCUT2D eigenvalue weighted by Crippen LogP contribution is 2.15. The van der Waals surface area contributed by atoms with Crippen molar-refractivity contribution in [2.24, 2.45) is 10.9 Å².